The van der Waals surface area contributed by atoms with Gasteiger partial charge in [-0.1, -0.05) is 12.1 Å². The number of guanidine groups is 1. The summed E-state index contributed by atoms with van der Waals surface area (Å²) in [5.41, 5.74) is 1.67. The minimum absolute atomic E-state index is 0.129. The molecular weight excluding hydrogens is 408 g/mol. The molecule has 0 bridgehead atoms. The van der Waals surface area contributed by atoms with Crippen LogP contribution in [-0.2, 0) is 11.3 Å². The van der Waals surface area contributed by atoms with Crippen LogP contribution in [0.1, 0.15) is 29.3 Å². The van der Waals surface area contributed by atoms with Gasteiger partial charge in [0.15, 0.2) is 5.96 Å². The summed E-state index contributed by atoms with van der Waals surface area (Å²) >= 11 is 0. The predicted octanol–water partition coefficient (Wildman–Crippen LogP) is 2.60. The van der Waals surface area contributed by atoms with Crippen molar-refractivity contribution < 1.29 is 19.0 Å². The molecule has 0 atom stereocenters. The summed E-state index contributed by atoms with van der Waals surface area (Å²) in [6.07, 6.45) is 0.880. The molecule has 0 unspecified atom stereocenters. The Morgan fingerprint density at radius 3 is 2.06 bits per heavy atom. The summed E-state index contributed by atoms with van der Waals surface area (Å²) in [6, 6.07) is 14.8. The Bertz CT molecular complexity index is 823. The molecule has 0 fully saturated rings. The van der Waals surface area contributed by atoms with Gasteiger partial charge < -0.3 is 30.2 Å². The molecule has 0 aliphatic heterocycles. The van der Waals surface area contributed by atoms with Gasteiger partial charge >= 0.3 is 0 Å². The molecule has 8 nitrogen and oxygen atoms in total. The summed E-state index contributed by atoms with van der Waals surface area (Å²) in [6.45, 7) is 5.68. The molecule has 0 saturated heterocycles. The molecular formula is C24H34N4O4. The molecule has 2 aromatic rings. The van der Waals surface area contributed by atoms with Gasteiger partial charge in [0.25, 0.3) is 5.91 Å². The van der Waals surface area contributed by atoms with Crippen molar-refractivity contribution in [2.75, 3.05) is 47.1 Å². The Labute approximate surface area is 190 Å². The molecule has 0 heterocycles. The van der Waals surface area contributed by atoms with Gasteiger partial charge in [-0.25, -0.2) is 4.99 Å². The van der Waals surface area contributed by atoms with E-state index in [1.807, 2.05) is 31.2 Å². The van der Waals surface area contributed by atoms with Crippen molar-refractivity contribution in [2.24, 2.45) is 4.99 Å². The molecule has 2 rings (SSSR count). The van der Waals surface area contributed by atoms with Gasteiger partial charge in [-0.3, -0.25) is 4.79 Å². The van der Waals surface area contributed by atoms with E-state index in [4.69, 9.17) is 14.2 Å². The van der Waals surface area contributed by atoms with E-state index in [1.165, 1.54) is 0 Å². The van der Waals surface area contributed by atoms with Crippen LogP contribution in [0.2, 0.25) is 0 Å². The molecule has 0 aromatic heterocycles. The summed E-state index contributed by atoms with van der Waals surface area (Å²) in [5.74, 6) is 2.10. The third kappa shape index (κ3) is 9.26. The van der Waals surface area contributed by atoms with E-state index in [-0.39, 0.29) is 5.91 Å². The first-order valence-corrected chi connectivity index (χ1v) is 10.8. The molecule has 1 amide bonds. The van der Waals surface area contributed by atoms with Crippen molar-refractivity contribution in [2.45, 2.75) is 19.9 Å². The zero-order valence-electron chi connectivity index (χ0n) is 19.1. The predicted molar refractivity (Wildman–Crippen MR) is 127 cm³/mol. The second-order valence-corrected chi connectivity index (χ2v) is 6.90. The first-order chi connectivity index (χ1) is 15.7. The van der Waals surface area contributed by atoms with Gasteiger partial charge in [0.2, 0.25) is 0 Å². The Kier molecular flexibility index (Phi) is 11.5. The summed E-state index contributed by atoms with van der Waals surface area (Å²) in [4.78, 5) is 16.9. The van der Waals surface area contributed by atoms with Gasteiger partial charge in [-0.15, -0.1) is 0 Å². The second-order valence-electron chi connectivity index (χ2n) is 6.90. The van der Waals surface area contributed by atoms with Crippen molar-refractivity contribution in [3.05, 3.63) is 59.7 Å². The second kappa shape index (κ2) is 14.7. The van der Waals surface area contributed by atoms with Crippen LogP contribution in [0.15, 0.2) is 53.5 Å². The molecule has 0 aliphatic carbocycles. The number of hydrogen-bond donors (Lipinski definition) is 3. The standard InChI is InChI=1S/C24H34N4O4/c1-4-32-17-5-14-26-24(28-18-19-6-10-21(30-2)11-7-19)27-16-15-25-23(29)20-8-12-22(31-3)13-9-20/h6-13H,4-5,14-18H2,1-3H3,(H,25,29)(H2,26,27,28). The lowest BCUT2D eigenvalue weighted by molar-refractivity contribution is 0.0954. The SMILES string of the molecule is CCOCCCNC(=NCc1ccc(OC)cc1)NCCNC(=O)c1ccc(OC)cc1. The van der Waals surface area contributed by atoms with E-state index < -0.39 is 0 Å². The first-order valence-electron chi connectivity index (χ1n) is 10.8. The maximum Gasteiger partial charge on any atom is 0.251 e. The number of methoxy groups -OCH3 is 2. The lowest BCUT2D eigenvalue weighted by atomic mass is 10.2. The molecule has 0 radical (unpaired) electrons. The Balaban J connectivity index is 1.83. The van der Waals surface area contributed by atoms with Crippen LogP contribution in [0.4, 0.5) is 0 Å². The van der Waals surface area contributed by atoms with Crippen molar-refractivity contribution in [1.82, 2.24) is 16.0 Å². The first kappa shape index (κ1) is 25.0. The fraction of sp³-hybridized carbons (Fsp3) is 0.417. The molecule has 3 N–H and O–H groups in total. The molecule has 8 heteroatoms. The highest BCUT2D eigenvalue weighted by Gasteiger charge is 2.05. The van der Waals surface area contributed by atoms with E-state index in [1.54, 1.807) is 38.5 Å². The van der Waals surface area contributed by atoms with Gasteiger partial charge in [0, 0.05) is 38.4 Å². The van der Waals surface area contributed by atoms with Crippen molar-refractivity contribution >= 4 is 11.9 Å². The van der Waals surface area contributed by atoms with Gasteiger partial charge in [0.1, 0.15) is 11.5 Å². The van der Waals surface area contributed by atoms with Crippen LogP contribution in [0.3, 0.4) is 0 Å². The van der Waals surface area contributed by atoms with Gasteiger partial charge in [-0.05, 0) is 55.3 Å². The highest BCUT2D eigenvalue weighted by Crippen LogP contribution is 2.12. The van der Waals surface area contributed by atoms with E-state index in [0.717, 1.165) is 30.0 Å². The van der Waals surface area contributed by atoms with Crippen molar-refractivity contribution in [3.8, 4) is 11.5 Å². The minimum Gasteiger partial charge on any atom is -0.497 e. The maximum absolute atomic E-state index is 12.3. The smallest absolute Gasteiger partial charge is 0.251 e. The van der Waals surface area contributed by atoms with Crippen LogP contribution in [0, 0.1) is 0 Å². The molecule has 0 saturated carbocycles. The third-order valence-corrected chi connectivity index (χ3v) is 4.60. The number of nitrogens with one attached hydrogen (secondary N) is 3. The van der Waals surface area contributed by atoms with Crippen LogP contribution < -0.4 is 25.4 Å². The number of aliphatic imine (C=N–C) groups is 1. The number of benzene rings is 2. The Morgan fingerprint density at radius 2 is 1.44 bits per heavy atom. The minimum atomic E-state index is -0.129. The monoisotopic (exact) mass is 442 g/mol. The van der Waals surface area contributed by atoms with Crippen LogP contribution in [-0.4, -0.2) is 58.9 Å². The number of carbonyl (C=O) groups is 1. The van der Waals surface area contributed by atoms with E-state index in [0.29, 0.717) is 44.4 Å². The number of hydrogen-bond acceptors (Lipinski definition) is 5. The summed E-state index contributed by atoms with van der Waals surface area (Å²) in [7, 11) is 3.24. The lowest BCUT2D eigenvalue weighted by Crippen LogP contribution is -2.42. The van der Waals surface area contributed by atoms with Crippen molar-refractivity contribution in [1.29, 1.82) is 0 Å². The zero-order valence-corrected chi connectivity index (χ0v) is 19.1. The number of carbonyl (C=O) groups excluding carboxylic acids is 1. The van der Waals surface area contributed by atoms with E-state index in [9.17, 15) is 4.79 Å². The fourth-order valence-electron chi connectivity index (χ4n) is 2.80. The maximum atomic E-state index is 12.3. The molecule has 174 valence electrons. The van der Waals surface area contributed by atoms with Crippen molar-refractivity contribution in [3.63, 3.8) is 0 Å². The summed E-state index contributed by atoms with van der Waals surface area (Å²) < 4.78 is 15.7. The quantitative estimate of drug-likeness (QED) is 0.251. The summed E-state index contributed by atoms with van der Waals surface area (Å²) in [5, 5.41) is 9.48. The van der Waals surface area contributed by atoms with Crippen LogP contribution in [0.25, 0.3) is 0 Å². The average Bonchev–Trinajstić information content (AvgIpc) is 2.84. The molecule has 0 spiro atoms. The molecule has 32 heavy (non-hydrogen) atoms. The van der Waals surface area contributed by atoms with Crippen LogP contribution >= 0.6 is 0 Å². The topological polar surface area (TPSA) is 93.2 Å². The number of amides is 1. The largest absolute Gasteiger partial charge is 0.497 e. The van der Waals surface area contributed by atoms with Gasteiger partial charge in [-0.2, -0.15) is 0 Å². The zero-order chi connectivity index (χ0) is 23.0. The van der Waals surface area contributed by atoms with Gasteiger partial charge in [0.05, 0.1) is 20.8 Å². The number of rotatable bonds is 13. The highest BCUT2D eigenvalue weighted by molar-refractivity contribution is 5.94. The normalized spacial score (nSPS) is 11.0. The van der Waals surface area contributed by atoms with E-state index in [2.05, 4.69) is 20.9 Å². The average molecular weight is 443 g/mol. The third-order valence-electron chi connectivity index (χ3n) is 4.60. The molecule has 0 aliphatic rings. The molecule has 2 aromatic carbocycles. The lowest BCUT2D eigenvalue weighted by Gasteiger charge is -2.13. The Hall–Kier alpha value is -3.26. The van der Waals surface area contributed by atoms with E-state index >= 15 is 0 Å². The fourth-order valence-corrected chi connectivity index (χ4v) is 2.80. The number of nitrogens with zero attached hydrogens (tertiary/aromatic N) is 1. The Morgan fingerprint density at radius 1 is 0.844 bits per heavy atom. The highest BCUT2D eigenvalue weighted by atomic mass is 16.5. The number of ether oxygens (including phenoxy) is 3. The van der Waals surface area contributed by atoms with Crippen LogP contribution in [0.5, 0.6) is 11.5 Å².